The number of aromatic amines is 2. The lowest BCUT2D eigenvalue weighted by molar-refractivity contribution is -0.444. The van der Waals surface area contributed by atoms with E-state index >= 15 is 0 Å². The lowest BCUT2D eigenvalue weighted by atomic mass is 10.1. The van der Waals surface area contributed by atoms with Crippen molar-refractivity contribution in [3.63, 3.8) is 0 Å². The fourth-order valence-electron chi connectivity index (χ4n) is 1.27. The Labute approximate surface area is 84.9 Å². The number of nitroso groups, excluding NO2 is 1. The van der Waals surface area contributed by atoms with Crippen molar-refractivity contribution >= 4 is 11.4 Å². The Balaban J connectivity index is 2.48. The Hall–Kier alpha value is -2.31. The summed E-state index contributed by atoms with van der Waals surface area (Å²) >= 11 is 0. The molecule has 1 heterocycles. The van der Waals surface area contributed by atoms with Gasteiger partial charge in [-0.1, -0.05) is 5.21 Å². The molecule has 3 N–H and O–H groups in total. The number of H-pyrrole nitrogens is 2. The van der Waals surface area contributed by atoms with Crippen molar-refractivity contribution in [2.24, 2.45) is 5.18 Å². The van der Waals surface area contributed by atoms with E-state index < -0.39 is 0 Å². The molecule has 0 saturated heterocycles. The van der Waals surface area contributed by atoms with Crippen molar-refractivity contribution in [3.8, 4) is 11.4 Å². The van der Waals surface area contributed by atoms with E-state index in [0.717, 1.165) is 5.56 Å². The van der Waals surface area contributed by atoms with Gasteiger partial charge < -0.3 is 5.32 Å². The summed E-state index contributed by atoms with van der Waals surface area (Å²) < 4.78 is 0. The number of nitrogens with one attached hydrogen (secondary N) is 3. The quantitative estimate of drug-likeness (QED) is 0.721. The van der Waals surface area contributed by atoms with Crippen LogP contribution in [0.15, 0.2) is 23.4 Å². The molecule has 0 bridgehead atoms. The molecule has 15 heavy (non-hydrogen) atoms. The Kier molecular flexibility index (Phi) is 2.36. The monoisotopic (exact) mass is 205 g/mol. The van der Waals surface area contributed by atoms with Gasteiger partial charge in [-0.3, -0.25) is 0 Å². The van der Waals surface area contributed by atoms with Crippen LogP contribution in [0, 0.1) is 4.91 Å². The summed E-state index contributed by atoms with van der Waals surface area (Å²) in [7, 11) is 1.73. The highest BCUT2D eigenvalue weighted by Crippen LogP contribution is 2.28. The van der Waals surface area contributed by atoms with E-state index in [1.165, 1.54) is 0 Å². The summed E-state index contributed by atoms with van der Waals surface area (Å²) in [5.74, 6) is 0.558. The molecule has 1 aromatic heterocycles. The summed E-state index contributed by atoms with van der Waals surface area (Å²) in [6.45, 7) is 0. The molecule has 7 nitrogen and oxygen atoms in total. The molecule has 0 aliphatic rings. The third kappa shape index (κ3) is 1.66. The van der Waals surface area contributed by atoms with Gasteiger partial charge in [0.15, 0.2) is 5.21 Å². The number of hydrogen-bond donors (Lipinski definition) is 2. The Bertz CT molecular complexity index is 466. The third-order valence-corrected chi connectivity index (χ3v) is 2.01. The largest absolute Gasteiger partial charge is 0.386 e. The van der Waals surface area contributed by atoms with Crippen molar-refractivity contribution in [2.75, 3.05) is 12.4 Å². The standard InChI is InChI=1S/C8H8N6O/c1-9-6-3-2-5(4-7(6)12-15)8-10-13-14-11-8/h2-4,9H,1H3,(H,10,11,13,14)/p+1. The van der Waals surface area contributed by atoms with Crippen LogP contribution in [0.5, 0.6) is 0 Å². The predicted octanol–water partition coefficient (Wildman–Crippen LogP) is 0.725. The molecular weight excluding hydrogens is 196 g/mol. The number of aromatic nitrogens is 4. The van der Waals surface area contributed by atoms with Crippen molar-refractivity contribution in [1.29, 1.82) is 0 Å². The van der Waals surface area contributed by atoms with Crippen molar-refractivity contribution in [2.45, 2.75) is 0 Å². The first kappa shape index (κ1) is 9.25. The zero-order chi connectivity index (χ0) is 10.7. The normalized spacial score (nSPS) is 9.93. The molecule has 0 aliphatic heterocycles. The molecule has 2 rings (SSSR count). The molecule has 0 aliphatic carbocycles. The maximum Gasteiger partial charge on any atom is 0.329 e. The van der Waals surface area contributed by atoms with Crippen LogP contribution < -0.4 is 10.4 Å². The average Bonchev–Trinajstić information content (AvgIpc) is 2.81. The summed E-state index contributed by atoms with van der Waals surface area (Å²) in [5.41, 5.74) is 1.76. The van der Waals surface area contributed by atoms with Gasteiger partial charge in [0, 0.05) is 7.05 Å². The molecule has 0 fully saturated rings. The maximum absolute atomic E-state index is 10.6. The van der Waals surface area contributed by atoms with Gasteiger partial charge in [0.25, 0.3) is 0 Å². The van der Waals surface area contributed by atoms with Crippen molar-refractivity contribution in [3.05, 3.63) is 23.1 Å². The molecular formula is C8H9N6O+. The molecule has 0 saturated carbocycles. The predicted molar refractivity (Wildman–Crippen MR) is 53.4 cm³/mol. The van der Waals surface area contributed by atoms with Gasteiger partial charge in [0.1, 0.15) is 10.8 Å². The van der Waals surface area contributed by atoms with Crippen molar-refractivity contribution < 1.29 is 5.10 Å². The summed E-state index contributed by atoms with van der Waals surface area (Å²) in [6.07, 6.45) is 0. The van der Waals surface area contributed by atoms with Gasteiger partial charge in [-0.25, -0.2) is 0 Å². The van der Waals surface area contributed by atoms with Gasteiger partial charge >= 0.3 is 5.82 Å². The van der Waals surface area contributed by atoms with Gasteiger partial charge in [-0.05, 0) is 23.4 Å². The first-order valence-electron chi connectivity index (χ1n) is 4.29. The minimum Gasteiger partial charge on any atom is -0.386 e. The lowest BCUT2D eigenvalue weighted by Crippen LogP contribution is -2.05. The second-order valence-corrected chi connectivity index (χ2v) is 2.86. The molecule has 7 heteroatoms. The number of rotatable bonds is 3. The average molecular weight is 205 g/mol. The van der Waals surface area contributed by atoms with Gasteiger partial charge in [-0.15, -0.1) is 4.91 Å². The maximum atomic E-state index is 10.6. The SMILES string of the molecule is CNc1ccc(-c2nn[nH][nH+]2)cc1N=O. The Morgan fingerprint density at radius 1 is 1.53 bits per heavy atom. The van der Waals surface area contributed by atoms with Crippen LogP contribution in [0.2, 0.25) is 0 Å². The molecule has 0 amide bonds. The topological polar surface area (TPSA) is 97.2 Å². The van der Waals surface area contributed by atoms with E-state index in [2.05, 4.69) is 31.1 Å². The molecule has 0 unspecified atom stereocenters. The molecule has 0 spiro atoms. The minimum atomic E-state index is 0.339. The zero-order valence-corrected chi connectivity index (χ0v) is 7.98. The number of anilines is 1. The van der Waals surface area contributed by atoms with Crippen LogP contribution >= 0.6 is 0 Å². The lowest BCUT2D eigenvalue weighted by Gasteiger charge is -2.01. The van der Waals surface area contributed by atoms with Crippen LogP contribution in [0.3, 0.4) is 0 Å². The molecule has 2 aromatic rings. The minimum absolute atomic E-state index is 0.339. The molecule has 76 valence electrons. The van der Waals surface area contributed by atoms with E-state index in [1.54, 1.807) is 19.2 Å². The summed E-state index contributed by atoms with van der Waals surface area (Å²) in [5, 5.41) is 18.3. The third-order valence-electron chi connectivity index (χ3n) is 2.01. The number of nitrogens with zero attached hydrogens (tertiary/aromatic N) is 3. The smallest absolute Gasteiger partial charge is 0.329 e. The second-order valence-electron chi connectivity index (χ2n) is 2.86. The van der Waals surface area contributed by atoms with Gasteiger partial charge in [0.2, 0.25) is 0 Å². The highest BCUT2D eigenvalue weighted by Gasteiger charge is 2.12. The fraction of sp³-hybridized carbons (Fsp3) is 0.125. The van der Waals surface area contributed by atoms with E-state index in [0.29, 0.717) is 17.2 Å². The first-order chi connectivity index (χ1) is 7.35. The summed E-state index contributed by atoms with van der Waals surface area (Å²) in [6, 6.07) is 5.20. The fourth-order valence-corrected chi connectivity index (χ4v) is 1.27. The highest BCUT2D eigenvalue weighted by molar-refractivity contribution is 5.71. The molecule has 1 aromatic carbocycles. The van der Waals surface area contributed by atoms with Crippen LogP contribution in [0.4, 0.5) is 11.4 Å². The van der Waals surface area contributed by atoms with E-state index in [1.807, 2.05) is 6.07 Å². The van der Waals surface area contributed by atoms with Gasteiger partial charge in [0.05, 0.1) is 11.3 Å². The van der Waals surface area contributed by atoms with Crippen LogP contribution in [-0.4, -0.2) is 22.6 Å². The molecule has 0 atom stereocenters. The number of tetrazole rings is 1. The number of hydrogen-bond acceptors (Lipinski definition) is 5. The van der Waals surface area contributed by atoms with E-state index in [-0.39, 0.29) is 0 Å². The Morgan fingerprint density at radius 2 is 2.40 bits per heavy atom. The van der Waals surface area contributed by atoms with E-state index in [4.69, 9.17) is 0 Å². The summed E-state index contributed by atoms with van der Waals surface area (Å²) in [4.78, 5) is 10.6. The van der Waals surface area contributed by atoms with Crippen LogP contribution in [0.1, 0.15) is 0 Å². The first-order valence-corrected chi connectivity index (χ1v) is 4.29. The zero-order valence-electron chi connectivity index (χ0n) is 7.98. The van der Waals surface area contributed by atoms with Gasteiger partial charge in [-0.2, -0.15) is 5.10 Å². The number of benzene rings is 1. The Morgan fingerprint density at radius 3 is 3.00 bits per heavy atom. The van der Waals surface area contributed by atoms with E-state index in [9.17, 15) is 4.91 Å². The molecule has 0 radical (unpaired) electrons. The van der Waals surface area contributed by atoms with Crippen LogP contribution in [0.25, 0.3) is 11.4 Å². The second kappa shape index (κ2) is 3.82. The van der Waals surface area contributed by atoms with Crippen molar-refractivity contribution in [1.82, 2.24) is 15.5 Å². The van der Waals surface area contributed by atoms with Crippen LogP contribution in [-0.2, 0) is 0 Å². The highest BCUT2D eigenvalue weighted by atomic mass is 16.3.